The molecule has 0 amide bonds. The highest BCUT2D eigenvalue weighted by Gasteiger charge is 2.11. The Morgan fingerprint density at radius 2 is 1.45 bits per heavy atom. The van der Waals surface area contributed by atoms with Crippen LogP contribution in [0.25, 0.3) is 0 Å². The lowest BCUT2D eigenvalue weighted by Crippen LogP contribution is -2.41. The van der Waals surface area contributed by atoms with E-state index in [2.05, 4.69) is 21.8 Å². The lowest BCUT2D eigenvalue weighted by Gasteiger charge is -2.27. The average Bonchev–Trinajstić information content (AvgIpc) is 2.54. The van der Waals surface area contributed by atoms with E-state index in [-0.39, 0.29) is 0 Å². The van der Waals surface area contributed by atoms with E-state index >= 15 is 0 Å². The molecule has 1 fully saturated rings. The van der Waals surface area contributed by atoms with Crippen LogP contribution < -0.4 is 11.5 Å². The van der Waals surface area contributed by atoms with Gasteiger partial charge in [0.25, 0.3) is 0 Å². The number of rotatable bonds is 9. The van der Waals surface area contributed by atoms with Crippen LogP contribution in [0.5, 0.6) is 0 Å². The monoisotopic (exact) mass is 309 g/mol. The Kier molecular flexibility index (Phi) is 10.5. The maximum Gasteiger partial charge on any atom is 0.218 e. The Balaban J connectivity index is 2.09. The molecule has 1 rings (SSSR count). The third-order valence-electron chi connectivity index (χ3n) is 4.19. The summed E-state index contributed by atoms with van der Waals surface area (Å²) < 4.78 is 0. The summed E-state index contributed by atoms with van der Waals surface area (Å²) in [6.07, 6.45) is 14.1. The zero-order valence-electron chi connectivity index (χ0n) is 14.4. The molecule has 0 spiro atoms. The van der Waals surface area contributed by atoms with Crippen molar-refractivity contribution in [1.29, 1.82) is 0 Å². The van der Waals surface area contributed by atoms with Crippen molar-refractivity contribution >= 4 is 11.9 Å². The number of hydrogen-bond donors (Lipinski definition) is 2. The van der Waals surface area contributed by atoms with Crippen LogP contribution in [0.15, 0.2) is 9.98 Å². The second kappa shape index (κ2) is 12.3. The highest BCUT2D eigenvalue weighted by atomic mass is 15.3. The maximum atomic E-state index is 5.97. The molecule has 0 aromatic carbocycles. The van der Waals surface area contributed by atoms with Crippen LogP contribution in [0.4, 0.5) is 0 Å². The van der Waals surface area contributed by atoms with Crippen molar-refractivity contribution in [3.8, 4) is 0 Å². The fourth-order valence-corrected chi connectivity index (χ4v) is 2.79. The van der Waals surface area contributed by atoms with Gasteiger partial charge in [-0.1, -0.05) is 51.9 Å². The molecule has 5 nitrogen and oxygen atoms in total. The van der Waals surface area contributed by atoms with E-state index in [9.17, 15) is 0 Å². The SMILES string of the molecule is CCCCCCCCCCN=C(N)N=C(N)N1CCCCC1. The molecule has 0 unspecified atom stereocenters. The van der Waals surface area contributed by atoms with Crippen molar-refractivity contribution in [1.82, 2.24) is 4.90 Å². The van der Waals surface area contributed by atoms with Gasteiger partial charge in [-0.05, 0) is 25.7 Å². The van der Waals surface area contributed by atoms with Crippen LogP contribution in [-0.4, -0.2) is 36.5 Å². The summed E-state index contributed by atoms with van der Waals surface area (Å²) in [6, 6.07) is 0. The predicted octanol–water partition coefficient (Wildman–Crippen LogP) is 3.24. The van der Waals surface area contributed by atoms with E-state index in [1.54, 1.807) is 0 Å². The van der Waals surface area contributed by atoms with Crippen LogP contribution in [0.3, 0.4) is 0 Å². The second-order valence-electron chi connectivity index (χ2n) is 6.23. The topological polar surface area (TPSA) is 80.0 Å². The van der Waals surface area contributed by atoms with Gasteiger partial charge in [-0.2, -0.15) is 4.99 Å². The molecule has 4 N–H and O–H groups in total. The molecule has 0 bridgehead atoms. The largest absolute Gasteiger partial charge is 0.369 e. The summed E-state index contributed by atoms with van der Waals surface area (Å²) in [7, 11) is 0. The van der Waals surface area contributed by atoms with Crippen molar-refractivity contribution in [2.75, 3.05) is 19.6 Å². The van der Waals surface area contributed by atoms with Crippen molar-refractivity contribution in [3.05, 3.63) is 0 Å². The van der Waals surface area contributed by atoms with Gasteiger partial charge in [0.1, 0.15) is 0 Å². The van der Waals surface area contributed by atoms with Crippen LogP contribution >= 0.6 is 0 Å². The van der Waals surface area contributed by atoms with Gasteiger partial charge in [0, 0.05) is 19.6 Å². The van der Waals surface area contributed by atoms with E-state index in [0.29, 0.717) is 11.9 Å². The molecule has 1 aliphatic rings. The number of piperidine rings is 1. The number of guanidine groups is 2. The van der Waals surface area contributed by atoms with Crippen LogP contribution in [0.1, 0.15) is 77.6 Å². The molecule has 22 heavy (non-hydrogen) atoms. The fourth-order valence-electron chi connectivity index (χ4n) is 2.79. The summed E-state index contributed by atoms with van der Waals surface area (Å²) in [5.41, 5.74) is 11.8. The molecule has 1 saturated heterocycles. The zero-order chi connectivity index (χ0) is 16.0. The first-order chi connectivity index (χ1) is 10.7. The van der Waals surface area contributed by atoms with Gasteiger partial charge in [0.05, 0.1) is 0 Å². The summed E-state index contributed by atoms with van der Waals surface area (Å²) in [4.78, 5) is 10.6. The van der Waals surface area contributed by atoms with E-state index in [1.165, 1.54) is 64.2 Å². The van der Waals surface area contributed by atoms with Crippen LogP contribution in [-0.2, 0) is 0 Å². The molecule has 0 aromatic heterocycles. The molecule has 1 aliphatic heterocycles. The third kappa shape index (κ3) is 8.90. The molecule has 0 atom stereocenters. The number of aliphatic imine (C=N–C) groups is 2. The van der Waals surface area contributed by atoms with E-state index in [0.717, 1.165) is 26.1 Å². The van der Waals surface area contributed by atoms with E-state index in [1.807, 2.05) is 0 Å². The molecule has 0 aromatic rings. The number of nitrogens with two attached hydrogens (primary N) is 2. The quantitative estimate of drug-likeness (QED) is 0.390. The first-order valence-corrected chi connectivity index (χ1v) is 9.13. The molecule has 128 valence electrons. The highest BCUT2D eigenvalue weighted by molar-refractivity contribution is 5.93. The molecule has 0 saturated carbocycles. The smallest absolute Gasteiger partial charge is 0.218 e. The Labute approximate surface area is 136 Å². The second-order valence-corrected chi connectivity index (χ2v) is 6.23. The Bertz CT molecular complexity index is 332. The van der Waals surface area contributed by atoms with Gasteiger partial charge in [0.2, 0.25) is 5.96 Å². The summed E-state index contributed by atoms with van der Waals surface area (Å²) in [5, 5.41) is 0. The van der Waals surface area contributed by atoms with Crippen LogP contribution in [0, 0.1) is 0 Å². The van der Waals surface area contributed by atoms with Crippen molar-refractivity contribution < 1.29 is 0 Å². The first kappa shape index (κ1) is 18.8. The van der Waals surface area contributed by atoms with E-state index in [4.69, 9.17) is 11.5 Å². The number of hydrogen-bond acceptors (Lipinski definition) is 1. The highest BCUT2D eigenvalue weighted by Crippen LogP contribution is 2.09. The van der Waals surface area contributed by atoms with E-state index < -0.39 is 0 Å². The van der Waals surface area contributed by atoms with Crippen molar-refractivity contribution in [2.24, 2.45) is 21.5 Å². The van der Waals surface area contributed by atoms with Gasteiger partial charge in [-0.3, -0.25) is 4.99 Å². The number of likely N-dealkylation sites (tertiary alicyclic amines) is 1. The number of nitrogens with zero attached hydrogens (tertiary/aromatic N) is 3. The Morgan fingerprint density at radius 1 is 0.864 bits per heavy atom. The van der Waals surface area contributed by atoms with Gasteiger partial charge < -0.3 is 16.4 Å². The molecule has 1 heterocycles. The first-order valence-electron chi connectivity index (χ1n) is 9.13. The minimum absolute atomic E-state index is 0.325. The summed E-state index contributed by atoms with van der Waals surface area (Å²) in [5.74, 6) is 0.850. The van der Waals surface area contributed by atoms with Gasteiger partial charge >= 0.3 is 0 Å². The predicted molar refractivity (Wildman–Crippen MR) is 96.1 cm³/mol. The van der Waals surface area contributed by atoms with Gasteiger partial charge in [0.15, 0.2) is 5.96 Å². The molecular weight excluding hydrogens is 274 g/mol. The normalized spacial score (nSPS) is 17.0. The average molecular weight is 310 g/mol. The standard InChI is InChI=1S/C17H35N5/c1-2-3-4-5-6-7-8-10-13-20-16(18)21-17(19)22-14-11-9-12-15-22/h2-15H2,1H3,(H4,18,19,20,21). The van der Waals surface area contributed by atoms with Gasteiger partial charge in [-0.25, -0.2) is 0 Å². The fraction of sp³-hybridized carbons (Fsp3) is 0.882. The molecule has 0 radical (unpaired) electrons. The minimum Gasteiger partial charge on any atom is -0.369 e. The third-order valence-corrected chi connectivity index (χ3v) is 4.19. The van der Waals surface area contributed by atoms with Crippen LogP contribution in [0.2, 0.25) is 0 Å². The Hall–Kier alpha value is -1.26. The maximum absolute atomic E-state index is 5.97. The van der Waals surface area contributed by atoms with Crippen molar-refractivity contribution in [2.45, 2.75) is 77.6 Å². The minimum atomic E-state index is 0.325. The van der Waals surface area contributed by atoms with Gasteiger partial charge in [-0.15, -0.1) is 0 Å². The lowest BCUT2D eigenvalue weighted by atomic mass is 10.1. The molecular formula is C17H35N5. The summed E-state index contributed by atoms with van der Waals surface area (Å²) in [6.45, 7) is 4.99. The number of unbranched alkanes of at least 4 members (excludes halogenated alkanes) is 7. The molecule has 5 heteroatoms. The zero-order valence-corrected chi connectivity index (χ0v) is 14.4. The molecule has 0 aliphatic carbocycles. The summed E-state index contributed by atoms with van der Waals surface area (Å²) >= 11 is 0. The van der Waals surface area contributed by atoms with Crippen molar-refractivity contribution in [3.63, 3.8) is 0 Å². The Morgan fingerprint density at radius 3 is 2.09 bits per heavy atom. The lowest BCUT2D eigenvalue weighted by molar-refractivity contribution is 0.339.